The molecule has 190 valence electrons. The number of halogens is 1. The SMILES string of the molecule is CCCCOc1c(Br)cc(C2C(C(=O)Nc3ccccc3OCC)=C(C)Nc3ncnn32)cc1OC. The fourth-order valence-electron chi connectivity index (χ4n) is 4.09. The summed E-state index contributed by atoms with van der Waals surface area (Å²) in [7, 11) is 1.60. The molecule has 2 aromatic carbocycles. The van der Waals surface area contributed by atoms with Crippen molar-refractivity contribution in [1.82, 2.24) is 14.8 Å². The van der Waals surface area contributed by atoms with Crippen LogP contribution in [0.1, 0.15) is 45.2 Å². The van der Waals surface area contributed by atoms with Gasteiger partial charge >= 0.3 is 0 Å². The van der Waals surface area contributed by atoms with Gasteiger partial charge in [-0.3, -0.25) is 4.79 Å². The summed E-state index contributed by atoms with van der Waals surface area (Å²) < 4.78 is 19.8. The highest BCUT2D eigenvalue weighted by Gasteiger charge is 2.34. The number of allylic oxidation sites excluding steroid dienone is 1. The standard InChI is InChI=1S/C26H30BrN5O4/c1-5-7-12-36-24-18(27)13-17(14-21(24)34-4)23-22(16(3)30-26-28-15-29-32(23)26)25(33)31-19-10-8-9-11-20(19)35-6-2/h8-11,13-15,23H,5-7,12H2,1-4H3,(H,31,33)(H,28,29,30). The van der Waals surface area contributed by atoms with Crippen molar-refractivity contribution in [2.24, 2.45) is 0 Å². The molecule has 0 bridgehead atoms. The molecule has 0 saturated heterocycles. The van der Waals surface area contributed by atoms with Gasteiger partial charge in [0.05, 0.1) is 36.1 Å². The number of rotatable bonds is 10. The zero-order valence-electron chi connectivity index (χ0n) is 20.8. The lowest BCUT2D eigenvalue weighted by molar-refractivity contribution is -0.113. The lowest BCUT2D eigenvalue weighted by Crippen LogP contribution is -2.31. The van der Waals surface area contributed by atoms with E-state index in [-0.39, 0.29) is 5.91 Å². The van der Waals surface area contributed by atoms with E-state index in [2.05, 4.69) is 43.6 Å². The molecule has 9 nitrogen and oxygen atoms in total. The molecule has 1 aliphatic heterocycles. The van der Waals surface area contributed by atoms with Crippen LogP contribution in [0.15, 0.2) is 58.5 Å². The molecular weight excluding hydrogens is 526 g/mol. The second kappa shape index (κ2) is 11.5. The topological polar surface area (TPSA) is 99.5 Å². The summed E-state index contributed by atoms with van der Waals surface area (Å²) >= 11 is 3.64. The Labute approximate surface area is 219 Å². The van der Waals surface area contributed by atoms with Crippen molar-refractivity contribution in [3.8, 4) is 17.2 Å². The van der Waals surface area contributed by atoms with E-state index < -0.39 is 6.04 Å². The minimum Gasteiger partial charge on any atom is -0.493 e. The first-order valence-electron chi connectivity index (χ1n) is 11.9. The van der Waals surface area contributed by atoms with Crippen LogP contribution in [0, 0.1) is 0 Å². The Hall–Kier alpha value is -3.53. The average Bonchev–Trinajstić information content (AvgIpc) is 3.33. The van der Waals surface area contributed by atoms with Gasteiger partial charge in [0.25, 0.3) is 5.91 Å². The van der Waals surface area contributed by atoms with Gasteiger partial charge in [0, 0.05) is 5.70 Å². The number of ether oxygens (including phenoxy) is 3. The number of amides is 1. The first kappa shape index (κ1) is 25.6. The number of nitrogens with one attached hydrogen (secondary N) is 2. The molecule has 0 spiro atoms. The van der Waals surface area contributed by atoms with E-state index >= 15 is 0 Å². The number of carbonyl (C=O) groups excluding carboxylic acids is 1. The first-order chi connectivity index (χ1) is 17.5. The lowest BCUT2D eigenvalue weighted by atomic mass is 9.94. The van der Waals surface area contributed by atoms with Gasteiger partial charge in [0.1, 0.15) is 18.1 Å². The van der Waals surface area contributed by atoms with Crippen molar-refractivity contribution in [1.29, 1.82) is 0 Å². The highest BCUT2D eigenvalue weighted by atomic mass is 79.9. The van der Waals surface area contributed by atoms with Crippen molar-refractivity contribution in [2.45, 2.75) is 39.7 Å². The summed E-state index contributed by atoms with van der Waals surface area (Å²) in [6.45, 7) is 6.93. The third-order valence-electron chi connectivity index (χ3n) is 5.79. The molecule has 10 heteroatoms. The summed E-state index contributed by atoms with van der Waals surface area (Å²) in [6, 6.07) is 10.6. The monoisotopic (exact) mass is 555 g/mol. The van der Waals surface area contributed by atoms with Gasteiger partial charge in [0.15, 0.2) is 11.5 Å². The number of fused-ring (bicyclic) bond motifs is 1. The second-order valence-corrected chi connectivity index (χ2v) is 9.07. The predicted molar refractivity (Wildman–Crippen MR) is 142 cm³/mol. The first-order valence-corrected chi connectivity index (χ1v) is 12.7. The zero-order chi connectivity index (χ0) is 25.7. The number of methoxy groups -OCH3 is 1. The van der Waals surface area contributed by atoms with Crippen molar-refractivity contribution >= 4 is 33.5 Å². The van der Waals surface area contributed by atoms with Crippen LogP contribution in [-0.4, -0.2) is 41.0 Å². The van der Waals surface area contributed by atoms with Gasteiger partial charge < -0.3 is 24.8 Å². The zero-order valence-corrected chi connectivity index (χ0v) is 22.4. The largest absolute Gasteiger partial charge is 0.493 e. The molecule has 2 N–H and O–H groups in total. The van der Waals surface area contributed by atoms with Crippen LogP contribution >= 0.6 is 15.9 Å². The molecule has 1 amide bonds. The minimum absolute atomic E-state index is 0.281. The van der Waals surface area contributed by atoms with Crippen molar-refractivity contribution in [3.63, 3.8) is 0 Å². The Kier molecular flexibility index (Phi) is 8.14. The maximum atomic E-state index is 13.7. The third kappa shape index (κ3) is 5.18. The molecule has 2 heterocycles. The van der Waals surface area contributed by atoms with E-state index in [4.69, 9.17) is 14.2 Å². The second-order valence-electron chi connectivity index (χ2n) is 8.21. The quantitative estimate of drug-likeness (QED) is 0.316. The highest BCUT2D eigenvalue weighted by Crippen LogP contribution is 2.43. The normalized spacial score (nSPS) is 14.6. The Bertz CT molecular complexity index is 1270. The number of hydrogen-bond donors (Lipinski definition) is 2. The number of aromatic nitrogens is 3. The van der Waals surface area contributed by atoms with E-state index in [9.17, 15) is 4.79 Å². The molecule has 0 radical (unpaired) electrons. The van der Waals surface area contributed by atoms with Crippen molar-refractivity contribution < 1.29 is 19.0 Å². The molecule has 1 aliphatic rings. The number of benzene rings is 2. The minimum atomic E-state index is -0.558. The van der Waals surface area contributed by atoms with Crippen LogP contribution < -0.4 is 24.8 Å². The number of carbonyl (C=O) groups is 1. The fraction of sp³-hybridized carbons (Fsp3) is 0.346. The molecule has 36 heavy (non-hydrogen) atoms. The summed E-state index contributed by atoms with van der Waals surface area (Å²) in [4.78, 5) is 18.1. The molecule has 4 rings (SSSR count). The van der Waals surface area contributed by atoms with Gasteiger partial charge in [0.2, 0.25) is 5.95 Å². The van der Waals surface area contributed by atoms with Gasteiger partial charge in [-0.15, -0.1) is 0 Å². The molecule has 0 aliphatic carbocycles. The van der Waals surface area contributed by atoms with Gasteiger partial charge in [-0.2, -0.15) is 10.1 Å². The van der Waals surface area contributed by atoms with Crippen molar-refractivity contribution in [2.75, 3.05) is 31.0 Å². The summed E-state index contributed by atoms with van der Waals surface area (Å²) in [5.74, 6) is 2.06. The predicted octanol–water partition coefficient (Wildman–Crippen LogP) is 5.55. The summed E-state index contributed by atoms with van der Waals surface area (Å²) in [6.07, 6.45) is 3.42. The average molecular weight is 556 g/mol. The lowest BCUT2D eigenvalue weighted by Gasteiger charge is -2.29. The third-order valence-corrected chi connectivity index (χ3v) is 6.37. The number of hydrogen-bond acceptors (Lipinski definition) is 7. The van der Waals surface area contributed by atoms with Gasteiger partial charge in [-0.25, -0.2) is 4.68 Å². The highest BCUT2D eigenvalue weighted by molar-refractivity contribution is 9.10. The number of nitrogens with zero attached hydrogens (tertiary/aromatic N) is 3. The van der Waals surface area contributed by atoms with E-state index in [0.29, 0.717) is 53.4 Å². The summed E-state index contributed by atoms with van der Waals surface area (Å²) in [5.41, 5.74) is 2.54. The summed E-state index contributed by atoms with van der Waals surface area (Å²) in [5, 5.41) is 10.6. The molecular formula is C26H30BrN5O4. The smallest absolute Gasteiger partial charge is 0.255 e. The van der Waals surface area contributed by atoms with Crippen LogP contribution in [0.2, 0.25) is 0 Å². The Morgan fingerprint density at radius 3 is 2.75 bits per heavy atom. The van der Waals surface area contributed by atoms with Gasteiger partial charge in [-0.1, -0.05) is 25.5 Å². The fourth-order valence-corrected chi connectivity index (χ4v) is 4.66. The van der Waals surface area contributed by atoms with Crippen LogP contribution in [0.5, 0.6) is 17.2 Å². The van der Waals surface area contributed by atoms with E-state index in [0.717, 1.165) is 22.9 Å². The molecule has 1 atom stereocenters. The maximum Gasteiger partial charge on any atom is 0.255 e. The van der Waals surface area contributed by atoms with E-state index in [1.165, 1.54) is 6.33 Å². The Morgan fingerprint density at radius 2 is 2.00 bits per heavy atom. The molecule has 0 fully saturated rings. The number of unbranched alkanes of at least 4 members (excludes halogenated alkanes) is 1. The maximum absolute atomic E-state index is 13.7. The Morgan fingerprint density at radius 1 is 1.19 bits per heavy atom. The van der Waals surface area contributed by atoms with Crippen LogP contribution in [0.25, 0.3) is 0 Å². The Balaban J connectivity index is 1.75. The molecule has 0 saturated carbocycles. The van der Waals surface area contributed by atoms with Gasteiger partial charge in [-0.05, 0) is 66.0 Å². The van der Waals surface area contributed by atoms with Crippen molar-refractivity contribution in [3.05, 3.63) is 64.0 Å². The molecule has 3 aromatic rings. The van der Waals surface area contributed by atoms with E-state index in [1.54, 1.807) is 11.8 Å². The van der Waals surface area contributed by atoms with Crippen LogP contribution in [-0.2, 0) is 4.79 Å². The van der Waals surface area contributed by atoms with Crippen LogP contribution in [0.3, 0.4) is 0 Å². The number of anilines is 2. The van der Waals surface area contributed by atoms with Crippen LogP contribution in [0.4, 0.5) is 11.6 Å². The molecule has 1 aromatic heterocycles. The number of para-hydroxylation sites is 2. The van der Waals surface area contributed by atoms with E-state index in [1.807, 2.05) is 50.2 Å². The molecule has 1 unspecified atom stereocenters.